The van der Waals surface area contributed by atoms with Crippen molar-refractivity contribution in [3.63, 3.8) is 0 Å². The van der Waals surface area contributed by atoms with Gasteiger partial charge < -0.3 is 5.32 Å². The Hall–Kier alpha value is -1.74. The number of benzene rings is 2. The molecule has 2 aromatic rings. The lowest BCUT2D eigenvalue weighted by molar-refractivity contribution is -0.114. The third-order valence-corrected chi connectivity index (χ3v) is 4.29. The molecule has 2 nitrogen and oxygen atoms in total. The van der Waals surface area contributed by atoms with Gasteiger partial charge in [0, 0.05) is 17.5 Å². The van der Waals surface area contributed by atoms with Gasteiger partial charge in [-0.3, -0.25) is 4.79 Å². The van der Waals surface area contributed by atoms with Gasteiger partial charge in [0.1, 0.15) is 0 Å². The molecule has 0 atom stereocenters. The number of carbonyl (C=O) groups excluding carboxylic acids is 1. The van der Waals surface area contributed by atoms with Crippen molar-refractivity contribution in [1.29, 1.82) is 0 Å². The van der Waals surface area contributed by atoms with Crippen LogP contribution in [0.4, 0.5) is 5.69 Å². The molecule has 0 unspecified atom stereocenters. The molecule has 110 valence electrons. The number of carbonyl (C=O) groups is 1. The lowest BCUT2D eigenvalue weighted by Crippen LogP contribution is -2.08. The molecule has 0 heterocycles. The largest absolute Gasteiger partial charge is 0.326 e. The molecule has 1 amide bonds. The number of rotatable bonds is 4. The Bertz CT molecular complexity index is 647. The molecule has 0 saturated heterocycles. The molecule has 0 bridgehead atoms. The maximum absolute atomic E-state index is 11.2. The number of thioether (sulfide) groups is 1. The number of amides is 1. The zero-order chi connectivity index (χ0) is 15.4. The zero-order valence-electron chi connectivity index (χ0n) is 13.0. The van der Waals surface area contributed by atoms with Crippen LogP contribution in [0, 0.1) is 13.8 Å². The summed E-state index contributed by atoms with van der Waals surface area (Å²) in [4.78, 5) is 12.5. The van der Waals surface area contributed by atoms with Crippen molar-refractivity contribution in [2.45, 2.75) is 32.1 Å². The predicted molar refractivity (Wildman–Crippen MR) is 91.2 cm³/mol. The van der Waals surface area contributed by atoms with Gasteiger partial charge in [-0.25, -0.2) is 0 Å². The molecule has 1 N–H and O–H groups in total. The van der Waals surface area contributed by atoms with Crippen molar-refractivity contribution >= 4 is 23.4 Å². The first-order valence-electron chi connectivity index (χ1n) is 7.00. The standard InChI is InChI=1S/C18H21NOS/c1-12-10-18(19-14(3)20)13(2)9-16(12)11-15-5-7-17(21-4)8-6-15/h5-10H,11H2,1-4H3,(H,19,20). The number of hydrogen-bond donors (Lipinski definition) is 1. The third-order valence-electron chi connectivity index (χ3n) is 3.55. The minimum Gasteiger partial charge on any atom is -0.326 e. The Balaban J connectivity index is 2.23. The first-order valence-corrected chi connectivity index (χ1v) is 8.22. The van der Waals surface area contributed by atoms with Crippen molar-refractivity contribution < 1.29 is 4.79 Å². The summed E-state index contributed by atoms with van der Waals surface area (Å²) < 4.78 is 0. The van der Waals surface area contributed by atoms with Gasteiger partial charge in [-0.05, 0) is 67.0 Å². The van der Waals surface area contributed by atoms with E-state index in [0.29, 0.717) is 0 Å². The molecular formula is C18H21NOS. The monoisotopic (exact) mass is 299 g/mol. The van der Waals surface area contributed by atoms with E-state index in [1.165, 1.54) is 28.5 Å². The van der Waals surface area contributed by atoms with E-state index in [-0.39, 0.29) is 5.91 Å². The fraction of sp³-hybridized carbons (Fsp3) is 0.278. The molecule has 0 saturated carbocycles. The maximum atomic E-state index is 11.2. The third kappa shape index (κ3) is 4.11. The van der Waals surface area contributed by atoms with Gasteiger partial charge in [-0.15, -0.1) is 11.8 Å². The lowest BCUT2D eigenvalue weighted by atomic mass is 9.97. The van der Waals surface area contributed by atoms with Crippen molar-refractivity contribution in [3.05, 3.63) is 58.7 Å². The van der Waals surface area contributed by atoms with E-state index in [9.17, 15) is 4.79 Å². The molecule has 0 aliphatic carbocycles. The Morgan fingerprint density at radius 3 is 2.33 bits per heavy atom. The van der Waals surface area contributed by atoms with Crippen LogP contribution in [0.2, 0.25) is 0 Å². The van der Waals surface area contributed by atoms with Crippen molar-refractivity contribution in [2.75, 3.05) is 11.6 Å². The Morgan fingerprint density at radius 1 is 1.10 bits per heavy atom. The van der Waals surface area contributed by atoms with Crippen LogP contribution >= 0.6 is 11.8 Å². The highest BCUT2D eigenvalue weighted by atomic mass is 32.2. The van der Waals surface area contributed by atoms with Crippen LogP contribution in [0.1, 0.15) is 29.2 Å². The molecule has 21 heavy (non-hydrogen) atoms. The second kappa shape index (κ2) is 6.81. The van der Waals surface area contributed by atoms with Crippen LogP contribution in [0.15, 0.2) is 41.3 Å². The van der Waals surface area contributed by atoms with Crippen LogP contribution in [0.25, 0.3) is 0 Å². The first-order chi connectivity index (χ1) is 9.99. The van der Waals surface area contributed by atoms with Crippen molar-refractivity contribution in [2.24, 2.45) is 0 Å². The molecule has 0 radical (unpaired) electrons. The van der Waals surface area contributed by atoms with Crippen molar-refractivity contribution in [3.8, 4) is 0 Å². The van der Waals surface area contributed by atoms with Gasteiger partial charge in [-0.2, -0.15) is 0 Å². The Labute approximate surface area is 131 Å². The summed E-state index contributed by atoms with van der Waals surface area (Å²) >= 11 is 1.76. The van der Waals surface area contributed by atoms with Crippen LogP contribution in [-0.2, 0) is 11.2 Å². The highest BCUT2D eigenvalue weighted by Crippen LogP contribution is 2.24. The SMILES string of the molecule is CSc1ccc(Cc2cc(C)c(NC(C)=O)cc2C)cc1. The molecule has 3 heteroatoms. The quantitative estimate of drug-likeness (QED) is 0.838. The topological polar surface area (TPSA) is 29.1 Å². The summed E-state index contributed by atoms with van der Waals surface area (Å²) in [5.74, 6) is -0.0297. The van der Waals surface area contributed by atoms with Gasteiger partial charge in [0.2, 0.25) is 5.91 Å². The highest BCUT2D eigenvalue weighted by Gasteiger charge is 2.07. The summed E-state index contributed by atoms with van der Waals surface area (Å²) in [7, 11) is 0. The number of aryl methyl sites for hydroxylation is 2. The minimum atomic E-state index is -0.0297. The molecule has 2 rings (SSSR count). The summed E-state index contributed by atoms with van der Waals surface area (Å²) in [6.45, 7) is 5.66. The minimum absolute atomic E-state index is 0.0297. The molecule has 0 aliphatic rings. The van der Waals surface area contributed by atoms with E-state index < -0.39 is 0 Å². The second-order valence-corrected chi connectivity index (χ2v) is 6.18. The Kier molecular flexibility index (Phi) is 5.07. The summed E-state index contributed by atoms with van der Waals surface area (Å²) in [6, 6.07) is 12.9. The predicted octanol–water partition coefficient (Wildman–Crippen LogP) is 4.57. The van der Waals surface area contributed by atoms with E-state index in [1.54, 1.807) is 11.8 Å². The van der Waals surface area contributed by atoms with E-state index >= 15 is 0 Å². The van der Waals surface area contributed by atoms with Gasteiger partial charge in [-0.1, -0.05) is 18.2 Å². The average Bonchev–Trinajstić information content (AvgIpc) is 2.44. The van der Waals surface area contributed by atoms with Crippen LogP contribution < -0.4 is 5.32 Å². The van der Waals surface area contributed by atoms with Gasteiger partial charge >= 0.3 is 0 Å². The fourth-order valence-corrected chi connectivity index (χ4v) is 2.76. The van der Waals surface area contributed by atoms with Gasteiger partial charge in [0.15, 0.2) is 0 Å². The summed E-state index contributed by atoms with van der Waals surface area (Å²) in [6.07, 6.45) is 3.00. The maximum Gasteiger partial charge on any atom is 0.221 e. The van der Waals surface area contributed by atoms with Crippen LogP contribution in [-0.4, -0.2) is 12.2 Å². The summed E-state index contributed by atoms with van der Waals surface area (Å²) in [5.41, 5.74) is 5.83. The lowest BCUT2D eigenvalue weighted by Gasteiger charge is -2.13. The Morgan fingerprint density at radius 2 is 1.76 bits per heavy atom. The smallest absolute Gasteiger partial charge is 0.221 e. The number of nitrogens with one attached hydrogen (secondary N) is 1. The highest BCUT2D eigenvalue weighted by molar-refractivity contribution is 7.98. The number of anilines is 1. The number of hydrogen-bond acceptors (Lipinski definition) is 2. The van der Waals surface area contributed by atoms with Gasteiger partial charge in [0.05, 0.1) is 0 Å². The average molecular weight is 299 g/mol. The molecule has 2 aromatic carbocycles. The second-order valence-electron chi connectivity index (χ2n) is 5.30. The van der Waals surface area contributed by atoms with E-state index in [1.807, 2.05) is 6.92 Å². The molecule has 0 fully saturated rings. The van der Waals surface area contributed by atoms with Crippen LogP contribution in [0.5, 0.6) is 0 Å². The normalized spacial score (nSPS) is 10.5. The molecule has 0 aliphatic heterocycles. The van der Waals surface area contributed by atoms with Crippen molar-refractivity contribution in [1.82, 2.24) is 0 Å². The zero-order valence-corrected chi connectivity index (χ0v) is 13.8. The summed E-state index contributed by atoms with van der Waals surface area (Å²) in [5, 5.41) is 2.88. The van der Waals surface area contributed by atoms with Crippen LogP contribution in [0.3, 0.4) is 0 Å². The van der Waals surface area contributed by atoms with E-state index in [0.717, 1.165) is 17.7 Å². The van der Waals surface area contributed by atoms with E-state index in [2.05, 4.69) is 54.9 Å². The first kappa shape index (κ1) is 15.6. The van der Waals surface area contributed by atoms with E-state index in [4.69, 9.17) is 0 Å². The molecular weight excluding hydrogens is 278 g/mol. The fourth-order valence-electron chi connectivity index (χ4n) is 2.35. The van der Waals surface area contributed by atoms with Gasteiger partial charge in [0.25, 0.3) is 0 Å². The molecule has 0 spiro atoms. The molecule has 0 aromatic heterocycles.